The molecule has 0 radical (unpaired) electrons. The van der Waals surface area contributed by atoms with Gasteiger partial charge in [0.1, 0.15) is 0 Å². The van der Waals surface area contributed by atoms with E-state index in [4.69, 9.17) is 0 Å². The van der Waals surface area contributed by atoms with Crippen LogP contribution in [0.1, 0.15) is 27.8 Å². The summed E-state index contributed by atoms with van der Waals surface area (Å²) < 4.78 is 24.6. The number of hydrogen-bond donors (Lipinski definition) is 1. The van der Waals surface area contributed by atoms with Gasteiger partial charge in [0.15, 0.2) is 0 Å². The van der Waals surface area contributed by atoms with Crippen LogP contribution in [-0.4, -0.2) is 14.6 Å². The maximum absolute atomic E-state index is 12.3. The van der Waals surface area contributed by atoms with Crippen LogP contribution in [0.4, 0.5) is 0 Å². The van der Waals surface area contributed by atoms with Crippen molar-refractivity contribution in [2.75, 3.05) is 0 Å². The summed E-state index contributed by atoms with van der Waals surface area (Å²) in [6.45, 7) is 7.60. The predicted octanol–water partition coefficient (Wildman–Crippen LogP) is 3.23. The number of rotatable bonds is 4. The van der Waals surface area contributed by atoms with Gasteiger partial charge < -0.3 is 0 Å². The van der Waals surface area contributed by atoms with Crippen molar-refractivity contribution in [3.05, 3.63) is 64.2 Å². The summed E-state index contributed by atoms with van der Waals surface area (Å²) in [5.41, 5.74) is 4.68. The Morgan fingerprint density at radius 3 is 2.23 bits per heavy atom. The van der Waals surface area contributed by atoms with Crippen molar-refractivity contribution in [3.8, 4) is 0 Å². The van der Waals surface area contributed by atoms with Crippen molar-refractivity contribution in [2.45, 2.75) is 32.6 Å². The Morgan fingerprint density at radius 1 is 0.909 bits per heavy atom. The number of sulfonamides is 1. The van der Waals surface area contributed by atoms with Gasteiger partial charge in [-0.05, 0) is 56.0 Å². The Balaban J connectivity index is 2.22. The van der Waals surface area contributed by atoms with Crippen LogP contribution in [-0.2, 0) is 10.0 Å². The lowest BCUT2D eigenvalue weighted by Gasteiger charge is -2.08. The molecule has 0 aromatic heterocycles. The molecule has 0 saturated carbocycles. The van der Waals surface area contributed by atoms with E-state index in [1.807, 2.05) is 45.0 Å². The van der Waals surface area contributed by atoms with Crippen LogP contribution in [0.5, 0.6) is 0 Å². The van der Waals surface area contributed by atoms with Gasteiger partial charge in [-0.2, -0.15) is 13.5 Å². The molecule has 0 saturated heterocycles. The van der Waals surface area contributed by atoms with Gasteiger partial charge >= 0.3 is 0 Å². The van der Waals surface area contributed by atoms with Gasteiger partial charge in [-0.25, -0.2) is 4.83 Å². The van der Waals surface area contributed by atoms with E-state index in [2.05, 4.69) is 9.93 Å². The van der Waals surface area contributed by atoms with E-state index in [9.17, 15) is 8.42 Å². The molecule has 0 bridgehead atoms. The van der Waals surface area contributed by atoms with Gasteiger partial charge in [0.05, 0.1) is 11.1 Å². The fourth-order valence-electron chi connectivity index (χ4n) is 2.18. The molecular formula is C17H20N2O2S. The molecule has 1 N–H and O–H groups in total. The quantitative estimate of drug-likeness (QED) is 0.695. The second-order valence-corrected chi connectivity index (χ2v) is 7.11. The van der Waals surface area contributed by atoms with Gasteiger partial charge in [-0.3, -0.25) is 0 Å². The minimum absolute atomic E-state index is 0.255. The third-order valence-electron chi connectivity index (χ3n) is 3.43. The van der Waals surface area contributed by atoms with E-state index >= 15 is 0 Å². The van der Waals surface area contributed by atoms with Crippen LogP contribution in [0.25, 0.3) is 0 Å². The molecule has 0 fully saturated rings. The lowest BCUT2D eigenvalue weighted by molar-refractivity contribution is 0.584. The fraction of sp³-hybridized carbons (Fsp3) is 0.235. The Bertz CT molecular complexity index is 825. The van der Waals surface area contributed by atoms with Gasteiger partial charge in [0, 0.05) is 0 Å². The molecule has 2 aromatic rings. The predicted molar refractivity (Wildman–Crippen MR) is 89.7 cm³/mol. The molecule has 2 aromatic carbocycles. The minimum atomic E-state index is -3.65. The highest BCUT2D eigenvalue weighted by Crippen LogP contribution is 2.16. The van der Waals surface area contributed by atoms with Crippen LogP contribution < -0.4 is 4.83 Å². The van der Waals surface area contributed by atoms with Crippen LogP contribution in [0.15, 0.2) is 46.4 Å². The number of nitrogens with one attached hydrogen (secondary N) is 1. The average molecular weight is 316 g/mol. The molecule has 4 nitrogen and oxygen atoms in total. The Hall–Kier alpha value is -2.14. The van der Waals surface area contributed by atoms with Crippen molar-refractivity contribution in [1.82, 2.24) is 4.83 Å². The SMILES string of the molecule is Cc1ccc(/C=N\NS(=O)(=O)c2cc(C)ccc2C)c(C)c1. The van der Waals surface area contributed by atoms with Gasteiger partial charge in [-0.1, -0.05) is 35.9 Å². The van der Waals surface area contributed by atoms with E-state index in [-0.39, 0.29) is 4.90 Å². The molecule has 5 heteroatoms. The highest BCUT2D eigenvalue weighted by molar-refractivity contribution is 7.89. The van der Waals surface area contributed by atoms with Crippen molar-refractivity contribution in [1.29, 1.82) is 0 Å². The monoisotopic (exact) mass is 316 g/mol. The number of aryl methyl sites for hydroxylation is 4. The lowest BCUT2D eigenvalue weighted by atomic mass is 10.1. The van der Waals surface area contributed by atoms with Gasteiger partial charge in [0.2, 0.25) is 0 Å². The van der Waals surface area contributed by atoms with Crippen LogP contribution in [0, 0.1) is 27.7 Å². The highest BCUT2D eigenvalue weighted by atomic mass is 32.2. The molecule has 0 atom stereocenters. The Labute approximate surface area is 131 Å². The summed E-state index contributed by atoms with van der Waals surface area (Å²) in [5.74, 6) is 0. The van der Waals surface area contributed by atoms with Crippen LogP contribution >= 0.6 is 0 Å². The molecule has 0 heterocycles. The molecule has 116 valence electrons. The van der Waals surface area contributed by atoms with E-state index in [1.165, 1.54) is 6.21 Å². The number of hydrazone groups is 1. The maximum atomic E-state index is 12.3. The van der Waals surface area contributed by atoms with Crippen LogP contribution in [0.3, 0.4) is 0 Å². The standard InChI is InChI=1S/C17H20N2O2S/c1-12-6-8-16(15(4)9-12)11-18-19-22(20,21)17-10-13(2)5-7-14(17)3/h5-11,19H,1-4H3/b18-11-. The van der Waals surface area contributed by atoms with E-state index < -0.39 is 10.0 Å². The first-order valence-electron chi connectivity index (χ1n) is 6.99. The zero-order valence-electron chi connectivity index (χ0n) is 13.2. The zero-order valence-corrected chi connectivity index (χ0v) is 14.0. The Morgan fingerprint density at radius 2 is 1.55 bits per heavy atom. The summed E-state index contributed by atoms with van der Waals surface area (Å²) in [7, 11) is -3.65. The number of nitrogens with zero attached hydrogens (tertiary/aromatic N) is 1. The largest absolute Gasteiger partial charge is 0.276 e. The van der Waals surface area contributed by atoms with Gasteiger partial charge in [0.25, 0.3) is 10.0 Å². The summed E-state index contributed by atoms with van der Waals surface area (Å²) in [6, 6.07) is 11.2. The van der Waals surface area contributed by atoms with E-state index in [0.29, 0.717) is 5.56 Å². The van der Waals surface area contributed by atoms with Crippen molar-refractivity contribution in [2.24, 2.45) is 5.10 Å². The average Bonchev–Trinajstić information content (AvgIpc) is 2.44. The molecular weight excluding hydrogens is 296 g/mol. The third-order valence-corrected chi connectivity index (χ3v) is 4.80. The smallest absolute Gasteiger partial charge is 0.200 e. The van der Waals surface area contributed by atoms with Gasteiger partial charge in [-0.15, -0.1) is 0 Å². The molecule has 22 heavy (non-hydrogen) atoms. The van der Waals surface area contributed by atoms with Crippen LogP contribution in [0.2, 0.25) is 0 Å². The molecule has 0 unspecified atom stereocenters. The third kappa shape index (κ3) is 3.74. The van der Waals surface area contributed by atoms with Crippen molar-refractivity contribution < 1.29 is 8.42 Å². The second-order valence-electron chi connectivity index (χ2n) is 5.48. The first-order valence-corrected chi connectivity index (χ1v) is 8.47. The first kappa shape index (κ1) is 16.2. The summed E-state index contributed by atoms with van der Waals surface area (Å²) in [6.07, 6.45) is 1.53. The molecule has 0 aliphatic rings. The summed E-state index contributed by atoms with van der Waals surface area (Å²) in [4.78, 5) is 2.53. The zero-order chi connectivity index (χ0) is 16.3. The number of benzene rings is 2. The van der Waals surface area contributed by atoms with Crippen molar-refractivity contribution in [3.63, 3.8) is 0 Å². The maximum Gasteiger partial charge on any atom is 0.276 e. The number of hydrogen-bond acceptors (Lipinski definition) is 3. The molecule has 0 spiro atoms. The molecule has 2 rings (SSSR count). The van der Waals surface area contributed by atoms with Crippen molar-refractivity contribution >= 4 is 16.2 Å². The normalized spacial score (nSPS) is 11.8. The van der Waals surface area contributed by atoms with E-state index in [1.54, 1.807) is 19.1 Å². The minimum Gasteiger partial charge on any atom is -0.200 e. The topological polar surface area (TPSA) is 58.5 Å². The first-order chi connectivity index (χ1) is 10.3. The fourth-order valence-corrected chi connectivity index (χ4v) is 3.30. The second kappa shape index (κ2) is 6.32. The Kier molecular flexibility index (Phi) is 4.66. The molecule has 0 amide bonds. The van der Waals surface area contributed by atoms with E-state index in [0.717, 1.165) is 22.3 Å². The highest BCUT2D eigenvalue weighted by Gasteiger charge is 2.15. The summed E-state index contributed by atoms with van der Waals surface area (Å²) >= 11 is 0. The molecule has 0 aliphatic heterocycles. The molecule has 0 aliphatic carbocycles. The summed E-state index contributed by atoms with van der Waals surface area (Å²) in [5, 5.41) is 3.89. The lowest BCUT2D eigenvalue weighted by Crippen LogP contribution is -2.19.